The maximum atomic E-state index is 12.7. The van der Waals surface area contributed by atoms with Crippen LogP contribution in [0.4, 0.5) is 4.39 Å². The zero-order valence-corrected chi connectivity index (χ0v) is 9.45. The number of nitrogens with zero attached hydrogens (tertiary/aromatic N) is 1. The van der Waals surface area contributed by atoms with Crippen molar-refractivity contribution >= 4 is 17.7 Å². The van der Waals surface area contributed by atoms with Crippen molar-refractivity contribution in [3.63, 3.8) is 0 Å². The minimum absolute atomic E-state index is 0.147. The molecule has 0 bridgehead atoms. The van der Waals surface area contributed by atoms with E-state index in [1.54, 1.807) is 18.2 Å². The van der Waals surface area contributed by atoms with Gasteiger partial charge in [0.2, 0.25) is 0 Å². The second-order valence-electron chi connectivity index (χ2n) is 3.25. The maximum Gasteiger partial charge on any atom is 0.337 e. The lowest BCUT2D eigenvalue weighted by Gasteiger charge is -2.01. The van der Waals surface area contributed by atoms with E-state index in [-0.39, 0.29) is 11.4 Å². The van der Waals surface area contributed by atoms with Crippen LogP contribution in [0.15, 0.2) is 52.5 Å². The Bertz CT molecular complexity index is 525. The van der Waals surface area contributed by atoms with E-state index in [1.807, 2.05) is 0 Å². The van der Waals surface area contributed by atoms with Crippen LogP contribution in [-0.4, -0.2) is 16.1 Å². The molecule has 1 heterocycles. The van der Waals surface area contributed by atoms with Crippen LogP contribution in [0.25, 0.3) is 0 Å². The average Bonchev–Trinajstić information content (AvgIpc) is 2.33. The van der Waals surface area contributed by atoms with Crippen molar-refractivity contribution in [3.05, 3.63) is 54.0 Å². The van der Waals surface area contributed by atoms with Crippen LogP contribution in [-0.2, 0) is 0 Å². The minimum atomic E-state index is -1.00. The SMILES string of the molecule is O=C(O)c1ccc(Sc2ccc(F)cc2)nc1. The second-order valence-corrected chi connectivity index (χ2v) is 4.34. The first kappa shape index (κ1) is 11.6. The molecule has 3 nitrogen and oxygen atoms in total. The first-order valence-corrected chi connectivity index (χ1v) is 5.59. The highest BCUT2D eigenvalue weighted by atomic mass is 32.2. The molecule has 0 aliphatic heterocycles. The molecule has 0 atom stereocenters. The van der Waals surface area contributed by atoms with Gasteiger partial charge in [0, 0.05) is 11.1 Å². The summed E-state index contributed by atoms with van der Waals surface area (Å²) >= 11 is 1.35. The minimum Gasteiger partial charge on any atom is -0.478 e. The summed E-state index contributed by atoms with van der Waals surface area (Å²) in [7, 11) is 0. The molecule has 0 saturated heterocycles. The quantitative estimate of drug-likeness (QED) is 0.908. The first-order chi connectivity index (χ1) is 8.15. The van der Waals surface area contributed by atoms with Gasteiger partial charge in [-0.1, -0.05) is 11.8 Å². The standard InChI is InChI=1S/C12H8FNO2S/c13-9-2-4-10(5-3-9)17-11-6-1-8(7-14-11)12(15)16/h1-7H,(H,15,16). The lowest BCUT2D eigenvalue weighted by molar-refractivity contribution is 0.0696. The van der Waals surface area contributed by atoms with E-state index in [1.165, 1.54) is 36.2 Å². The summed E-state index contributed by atoms with van der Waals surface area (Å²) in [6.45, 7) is 0. The van der Waals surface area contributed by atoms with E-state index in [0.29, 0.717) is 5.03 Å². The number of aromatic nitrogens is 1. The van der Waals surface area contributed by atoms with Gasteiger partial charge in [0.05, 0.1) is 5.56 Å². The van der Waals surface area contributed by atoms with Crippen molar-refractivity contribution < 1.29 is 14.3 Å². The fourth-order valence-electron chi connectivity index (χ4n) is 1.19. The second kappa shape index (κ2) is 4.97. The summed E-state index contributed by atoms with van der Waals surface area (Å²) in [5.41, 5.74) is 0.147. The Morgan fingerprint density at radius 2 is 1.88 bits per heavy atom. The molecule has 0 aliphatic rings. The number of carbonyl (C=O) groups is 1. The van der Waals surface area contributed by atoms with E-state index < -0.39 is 5.97 Å². The monoisotopic (exact) mass is 249 g/mol. The Morgan fingerprint density at radius 3 is 2.41 bits per heavy atom. The van der Waals surface area contributed by atoms with Crippen molar-refractivity contribution in [3.8, 4) is 0 Å². The lowest BCUT2D eigenvalue weighted by atomic mass is 10.3. The summed E-state index contributed by atoms with van der Waals surface area (Å²) in [6.07, 6.45) is 1.30. The van der Waals surface area contributed by atoms with Gasteiger partial charge in [-0.3, -0.25) is 0 Å². The van der Waals surface area contributed by atoms with Crippen molar-refractivity contribution in [2.24, 2.45) is 0 Å². The normalized spacial score (nSPS) is 10.2. The van der Waals surface area contributed by atoms with Crippen molar-refractivity contribution in [2.75, 3.05) is 0 Å². The zero-order chi connectivity index (χ0) is 12.3. The van der Waals surface area contributed by atoms with Crippen LogP contribution in [0, 0.1) is 5.82 Å². The number of hydrogen-bond acceptors (Lipinski definition) is 3. The molecular weight excluding hydrogens is 241 g/mol. The van der Waals surface area contributed by atoms with Gasteiger partial charge in [-0.05, 0) is 36.4 Å². The topological polar surface area (TPSA) is 50.2 Å². The smallest absolute Gasteiger partial charge is 0.337 e. The van der Waals surface area contributed by atoms with Gasteiger partial charge in [-0.25, -0.2) is 14.2 Å². The first-order valence-electron chi connectivity index (χ1n) is 4.78. The van der Waals surface area contributed by atoms with E-state index in [0.717, 1.165) is 4.90 Å². The third kappa shape index (κ3) is 3.04. The summed E-state index contributed by atoms with van der Waals surface area (Å²) in [5.74, 6) is -1.29. The Hall–Kier alpha value is -1.88. The summed E-state index contributed by atoms with van der Waals surface area (Å²) in [4.78, 5) is 15.5. The molecule has 1 aromatic carbocycles. The molecule has 0 radical (unpaired) electrons. The number of pyridine rings is 1. The van der Waals surface area contributed by atoms with Crippen LogP contribution >= 0.6 is 11.8 Å². The number of halogens is 1. The number of aromatic carboxylic acids is 1. The third-order valence-electron chi connectivity index (χ3n) is 2.02. The Morgan fingerprint density at radius 1 is 1.18 bits per heavy atom. The van der Waals surface area contributed by atoms with Crippen molar-refractivity contribution in [2.45, 2.75) is 9.92 Å². The fourth-order valence-corrected chi connectivity index (χ4v) is 1.95. The molecule has 1 N–H and O–H groups in total. The molecule has 86 valence electrons. The highest BCUT2D eigenvalue weighted by Crippen LogP contribution is 2.25. The van der Waals surface area contributed by atoms with Crippen LogP contribution in [0.5, 0.6) is 0 Å². The van der Waals surface area contributed by atoms with Gasteiger partial charge in [-0.2, -0.15) is 0 Å². The number of carboxylic acid groups (broad SMARTS) is 1. The number of rotatable bonds is 3. The third-order valence-corrected chi connectivity index (χ3v) is 2.98. The molecule has 0 saturated carbocycles. The predicted octanol–water partition coefficient (Wildman–Crippen LogP) is 3.07. The van der Waals surface area contributed by atoms with E-state index in [4.69, 9.17) is 5.11 Å². The fraction of sp³-hybridized carbons (Fsp3) is 0. The Kier molecular flexibility index (Phi) is 3.39. The van der Waals surface area contributed by atoms with Crippen LogP contribution in [0.2, 0.25) is 0 Å². The molecule has 0 amide bonds. The molecular formula is C12H8FNO2S. The number of hydrogen-bond donors (Lipinski definition) is 1. The highest BCUT2D eigenvalue weighted by molar-refractivity contribution is 7.99. The van der Waals surface area contributed by atoms with Gasteiger partial charge in [0.1, 0.15) is 10.8 Å². The zero-order valence-electron chi connectivity index (χ0n) is 8.63. The molecule has 0 aliphatic carbocycles. The molecule has 0 unspecified atom stereocenters. The van der Waals surface area contributed by atoms with Crippen LogP contribution in [0.1, 0.15) is 10.4 Å². The van der Waals surface area contributed by atoms with Gasteiger partial charge in [0.25, 0.3) is 0 Å². The average molecular weight is 249 g/mol. The van der Waals surface area contributed by atoms with E-state index in [9.17, 15) is 9.18 Å². The molecule has 1 aromatic heterocycles. The van der Waals surface area contributed by atoms with Gasteiger partial charge in [0.15, 0.2) is 0 Å². The number of benzene rings is 1. The van der Waals surface area contributed by atoms with Crippen molar-refractivity contribution in [1.29, 1.82) is 0 Å². The van der Waals surface area contributed by atoms with Crippen LogP contribution in [0.3, 0.4) is 0 Å². The maximum absolute atomic E-state index is 12.7. The molecule has 17 heavy (non-hydrogen) atoms. The molecule has 5 heteroatoms. The van der Waals surface area contributed by atoms with E-state index in [2.05, 4.69) is 4.98 Å². The van der Waals surface area contributed by atoms with E-state index >= 15 is 0 Å². The van der Waals surface area contributed by atoms with Crippen molar-refractivity contribution in [1.82, 2.24) is 4.98 Å². The molecule has 0 spiro atoms. The predicted molar refractivity (Wildman–Crippen MR) is 61.7 cm³/mol. The largest absolute Gasteiger partial charge is 0.478 e. The van der Waals surface area contributed by atoms with Gasteiger partial charge < -0.3 is 5.11 Å². The number of carboxylic acids is 1. The summed E-state index contributed by atoms with van der Waals surface area (Å²) in [5, 5.41) is 9.38. The Labute approximate surface area is 101 Å². The molecule has 2 aromatic rings. The molecule has 2 rings (SSSR count). The summed E-state index contributed by atoms with van der Waals surface area (Å²) < 4.78 is 12.7. The Balaban J connectivity index is 2.13. The summed E-state index contributed by atoms with van der Waals surface area (Å²) in [6, 6.07) is 9.14. The highest BCUT2D eigenvalue weighted by Gasteiger charge is 2.04. The lowest BCUT2D eigenvalue weighted by Crippen LogP contribution is -1.96. The van der Waals surface area contributed by atoms with Gasteiger partial charge >= 0.3 is 5.97 Å². The molecule has 0 fully saturated rings. The van der Waals surface area contributed by atoms with Gasteiger partial charge in [-0.15, -0.1) is 0 Å². The van der Waals surface area contributed by atoms with Crippen LogP contribution < -0.4 is 0 Å².